The molecule has 0 saturated carbocycles. The second-order valence-electron chi connectivity index (χ2n) is 5.32. The minimum atomic E-state index is -3.64. The first kappa shape index (κ1) is 18.3. The normalized spacial score (nSPS) is 23.9. The Labute approximate surface area is 142 Å². The predicted molar refractivity (Wildman–Crippen MR) is 87.1 cm³/mol. The molecule has 2 heterocycles. The summed E-state index contributed by atoms with van der Waals surface area (Å²) in [6.07, 6.45) is 0.605. The molecule has 0 aromatic heterocycles. The van der Waals surface area contributed by atoms with E-state index in [1.165, 1.54) is 12.1 Å². The molecule has 9 heteroatoms. The minimum absolute atomic E-state index is 0. The Morgan fingerprint density at radius 1 is 1.22 bits per heavy atom. The van der Waals surface area contributed by atoms with Gasteiger partial charge in [0.25, 0.3) is 0 Å². The molecular weight excluding hydrogens is 344 g/mol. The third kappa shape index (κ3) is 4.07. The number of fused-ring (bicyclic) bond motifs is 1. The number of hydrogen-bond donors (Lipinski definition) is 2. The highest BCUT2D eigenvalue weighted by molar-refractivity contribution is 7.89. The average molecular weight is 365 g/mol. The van der Waals surface area contributed by atoms with Crippen LogP contribution in [-0.2, 0) is 14.8 Å². The maximum atomic E-state index is 12.5. The first-order valence-electron chi connectivity index (χ1n) is 7.25. The van der Waals surface area contributed by atoms with E-state index in [9.17, 15) is 8.42 Å². The molecular formula is C14H21ClN2O5S. The molecule has 1 aromatic carbocycles. The molecule has 0 unspecified atom stereocenters. The van der Waals surface area contributed by atoms with Crippen LogP contribution < -0.4 is 19.5 Å². The van der Waals surface area contributed by atoms with E-state index < -0.39 is 10.0 Å². The summed E-state index contributed by atoms with van der Waals surface area (Å²) in [5.74, 6) is 1.04. The van der Waals surface area contributed by atoms with E-state index >= 15 is 0 Å². The van der Waals surface area contributed by atoms with E-state index in [0.717, 1.165) is 6.42 Å². The molecule has 2 atom stereocenters. The van der Waals surface area contributed by atoms with Gasteiger partial charge in [-0.3, -0.25) is 0 Å². The van der Waals surface area contributed by atoms with Crippen LogP contribution in [0.5, 0.6) is 11.5 Å². The summed E-state index contributed by atoms with van der Waals surface area (Å²) in [4.78, 5) is 0.165. The van der Waals surface area contributed by atoms with Gasteiger partial charge in [-0.15, -0.1) is 12.4 Å². The van der Waals surface area contributed by atoms with Gasteiger partial charge in [0.15, 0.2) is 11.5 Å². The van der Waals surface area contributed by atoms with E-state index in [1.54, 1.807) is 13.2 Å². The summed E-state index contributed by atoms with van der Waals surface area (Å²) >= 11 is 0. The Kier molecular flexibility index (Phi) is 6.10. The molecule has 130 valence electrons. The lowest BCUT2D eigenvalue weighted by Gasteiger charge is -2.19. The fourth-order valence-electron chi connectivity index (χ4n) is 2.60. The number of methoxy groups -OCH3 is 1. The zero-order valence-corrected chi connectivity index (χ0v) is 14.4. The van der Waals surface area contributed by atoms with Crippen molar-refractivity contribution >= 4 is 22.4 Å². The van der Waals surface area contributed by atoms with Gasteiger partial charge in [-0.2, -0.15) is 0 Å². The summed E-state index contributed by atoms with van der Waals surface area (Å²) in [6.45, 7) is 2.26. The highest BCUT2D eigenvalue weighted by Gasteiger charge is 2.31. The average Bonchev–Trinajstić information content (AvgIpc) is 2.80. The molecule has 2 N–H and O–H groups in total. The van der Waals surface area contributed by atoms with Crippen molar-refractivity contribution in [2.45, 2.75) is 23.5 Å². The summed E-state index contributed by atoms with van der Waals surface area (Å²) in [5, 5.41) is 3.11. The number of halogens is 1. The molecule has 23 heavy (non-hydrogen) atoms. The Balaban J connectivity index is 0.00000192. The minimum Gasteiger partial charge on any atom is -0.490 e. The lowest BCUT2D eigenvalue weighted by molar-refractivity contribution is 0.103. The molecule has 7 nitrogen and oxygen atoms in total. The zero-order valence-electron chi connectivity index (χ0n) is 12.8. The predicted octanol–water partition coefficient (Wildman–Crippen LogP) is 0.535. The Hall–Kier alpha value is -1.06. The largest absolute Gasteiger partial charge is 0.490 e. The van der Waals surface area contributed by atoms with Gasteiger partial charge in [-0.05, 0) is 12.1 Å². The van der Waals surface area contributed by atoms with Crippen LogP contribution in [0.25, 0.3) is 0 Å². The van der Waals surface area contributed by atoms with Gasteiger partial charge in [0, 0.05) is 32.7 Å². The number of nitrogens with one attached hydrogen (secondary N) is 2. The molecule has 1 fully saturated rings. The lowest BCUT2D eigenvalue weighted by atomic mass is 10.2. The summed E-state index contributed by atoms with van der Waals surface area (Å²) in [6, 6.07) is 4.38. The van der Waals surface area contributed by atoms with Crippen LogP contribution in [0.4, 0.5) is 0 Å². The Morgan fingerprint density at radius 3 is 2.70 bits per heavy atom. The lowest BCUT2D eigenvalue weighted by Crippen LogP contribution is -2.43. The second kappa shape index (κ2) is 7.67. The van der Waals surface area contributed by atoms with E-state index in [-0.39, 0.29) is 29.4 Å². The van der Waals surface area contributed by atoms with E-state index in [1.807, 2.05) is 0 Å². The van der Waals surface area contributed by atoms with Gasteiger partial charge in [-0.25, -0.2) is 13.1 Å². The van der Waals surface area contributed by atoms with Crippen LogP contribution in [-0.4, -0.2) is 54.0 Å². The van der Waals surface area contributed by atoms with Crippen molar-refractivity contribution < 1.29 is 22.6 Å². The van der Waals surface area contributed by atoms with Crippen LogP contribution in [0.2, 0.25) is 0 Å². The highest BCUT2D eigenvalue weighted by Crippen LogP contribution is 2.32. The van der Waals surface area contributed by atoms with Crippen LogP contribution in [0, 0.1) is 0 Å². The first-order chi connectivity index (χ1) is 10.6. The number of rotatable bonds is 4. The summed E-state index contributed by atoms with van der Waals surface area (Å²) in [5.41, 5.74) is 0. The molecule has 2 aliphatic heterocycles. The van der Waals surface area contributed by atoms with Crippen LogP contribution in [0.1, 0.15) is 6.42 Å². The number of sulfonamides is 1. The molecule has 0 bridgehead atoms. The van der Waals surface area contributed by atoms with Gasteiger partial charge in [0.05, 0.1) is 30.3 Å². The summed E-state index contributed by atoms with van der Waals surface area (Å²) < 4.78 is 44.1. The zero-order chi connectivity index (χ0) is 15.6. The monoisotopic (exact) mass is 364 g/mol. The van der Waals surface area contributed by atoms with E-state index in [4.69, 9.17) is 14.2 Å². The van der Waals surface area contributed by atoms with Crippen molar-refractivity contribution in [2.75, 3.05) is 33.4 Å². The molecule has 1 aromatic rings. The van der Waals surface area contributed by atoms with Crippen LogP contribution in [0.3, 0.4) is 0 Å². The molecule has 2 aliphatic rings. The van der Waals surface area contributed by atoms with Gasteiger partial charge >= 0.3 is 0 Å². The molecule has 0 aliphatic carbocycles. The Bertz CT molecular complexity index is 640. The summed E-state index contributed by atoms with van der Waals surface area (Å²) in [7, 11) is -2.06. The maximum absolute atomic E-state index is 12.5. The highest BCUT2D eigenvalue weighted by atomic mass is 35.5. The SMILES string of the molecule is CO[C@H]1CNC[C@@H]1NS(=O)(=O)c1ccc2c(c1)OCCCO2.Cl. The van der Waals surface area contributed by atoms with Crippen molar-refractivity contribution in [3.05, 3.63) is 18.2 Å². The smallest absolute Gasteiger partial charge is 0.241 e. The van der Waals surface area contributed by atoms with Crippen molar-refractivity contribution in [3.63, 3.8) is 0 Å². The quantitative estimate of drug-likeness (QED) is 0.810. The molecule has 0 radical (unpaired) electrons. The van der Waals surface area contributed by atoms with Crippen LogP contribution >= 0.6 is 12.4 Å². The van der Waals surface area contributed by atoms with Crippen LogP contribution in [0.15, 0.2) is 23.1 Å². The number of benzene rings is 1. The number of hydrogen-bond acceptors (Lipinski definition) is 6. The first-order valence-corrected chi connectivity index (χ1v) is 8.74. The van der Waals surface area contributed by atoms with Gasteiger partial charge in [0.2, 0.25) is 10.0 Å². The maximum Gasteiger partial charge on any atom is 0.241 e. The Morgan fingerprint density at radius 2 is 1.96 bits per heavy atom. The van der Waals surface area contributed by atoms with Gasteiger partial charge in [0.1, 0.15) is 0 Å². The standard InChI is InChI=1S/C14H20N2O5S.ClH/c1-19-14-9-15-8-11(14)16-22(17,18)10-3-4-12-13(7-10)21-6-2-5-20-12;/h3-4,7,11,14-16H,2,5-6,8-9H2,1H3;1H/t11-,14-;/m0./s1. The van der Waals surface area contributed by atoms with Crippen molar-refractivity contribution in [1.29, 1.82) is 0 Å². The van der Waals surface area contributed by atoms with Crippen molar-refractivity contribution in [1.82, 2.24) is 10.0 Å². The van der Waals surface area contributed by atoms with E-state index in [2.05, 4.69) is 10.0 Å². The van der Waals surface area contributed by atoms with Gasteiger partial charge in [-0.1, -0.05) is 0 Å². The molecule has 0 spiro atoms. The third-order valence-electron chi connectivity index (χ3n) is 3.80. The molecule has 3 rings (SSSR count). The fourth-order valence-corrected chi connectivity index (χ4v) is 3.88. The van der Waals surface area contributed by atoms with Gasteiger partial charge < -0.3 is 19.5 Å². The topological polar surface area (TPSA) is 85.9 Å². The molecule has 1 saturated heterocycles. The fraction of sp³-hybridized carbons (Fsp3) is 0.571. The third-order valence-corrected chi connectivity index (χ3v) is 5.28. The van der Waals surface area contributed by atoms with E-state index in [0.29, 0.717) is 37.8 Å². The molecule has 0 amide bonds. The number of ether oxygens (including phenoxy) is 3. The van der Waals surface area contributed by atoms with Crippen molar-refractivity contribution in [3.8, 4) is 11.5 Å². The van der Waals surface area contributed by atoms with Crippen molar-refractivity contribution in [2.24, 2.45) is 0 Å². The second-order valence-corrected chi connectivity index (χ2v) is 7.03.